The lowest BCUT2D eigenvalue weighted by Gasteiger charge is -2.17. The van der Waals surface area contributed by atoms with Crippen LogP contribution in [0.5, 0.6) is 0 Å². The van der Waals surface area contributed by atoms with Crippen LogP contribution in [0.1, 0.15) is 42.1 Å². The Hall–Kier alpha value is -1.92. The van der Waals surface area contributed by atoms with E-state index in [1.165, 1.54) is 0 Å². The molecule has 0 saturated heterocycles. The van der Waals surface area contributed by atoms with Crippen LogP contribution in [-0.2, 0) is 6.42 Å². The van der Waals surface area contributed by atoms with E-state index in [0.717, 1.165) is 16.3 Å². The van der Waals surface area contributed by atoms with Crippen molar-refractivity contribution in [2.45, 2.75) is 32.2 Å². The van der Waals surface area contributed by atoms with Crippen LogP contribution in [-0.4, -0.2) is 29.3 Å². The Balaban J connectivity index is 1.78. The first-order chi connectivity index (χ1) is 11.1. The fourth-order valence-electron chi connectivity index (χ4n) is 2.14. The molecule has 0 radical (unpaired) electrons. The predicted molar refractivity (Wildman–Crippen MR) is 92.7 cm³/mol. The van der Waals surface area contributed by atoms with E-state index >= 15 is 0 Å². The Kier molecular flexibility index (Phi) is 6.55. The summed E-state index contributed by atoms with van der Waals surface area (Å²) in [5.74, 6) is 0.432. The summed E-state index contributed by atoms with van der Waals surface area (Å²) < 4.78 is 0. The molecule has 0 fully saturated rings. The molecule has 1 atom stereocenters. The number of nitrogens with zero attached hydrogens (tertiary/aromatic N) is 1. The summed E-state index contributed by atoms with van der Waals surface area (Å²) in [7, 11) is 0. The Labute approximate surface area is 140 Å². The van der Waals surface area contributed by atoms with Gasteiger partial charge in [0.25, 0.3) is 0 Å². The average molecular weight is 333 g/mol. The molecule has 0 saturated carbocycles. The molecule has 6 heteroatoms. The first-order valence-electron chi connectivity index (χ1n) is 7.74. The zero-order chi connectivity index (χ0) is 16.7. The molecular weight excluding hydrogens is 310 g/mol. The van der Waals surface area contributed by atoms with Crippen LogP contribution in [0.15, 0.2) is 35.7 Å². The molecule has 0 aliphatic rings. The van der Waals surface area contributed by atoms with Crippen LogP contribution in [0.4, 0.5) is 4.79 Å². The van der Waals surface area contributed by atoms with Gasteiger partial charge in [-0.25, -0.2) is 9.78 Å². The van der Waals surface area contributed by atoms with E-state index in [1.807, 2.05) is 35.7 Å². The minimum absolute atomic E-state index is 0.138. The second-order valence-electron chi connectivity index (χ2n) is 5.63. The number of aliphatic hydroxyl groups excluding tert-OH is 1. The van der Waals surface area contributed by atoms with E-state index < -0.39 is 6.04 Å². The molecule has 3 N–H and O–H groups in total. The zero-order valence-corrected chi connectivity index (χ0v) is 14.3. The molecule has 124 valence electrons. The summed E-state index contributed by atoms with van der Waals surface area (Å²) >= 11 is 1.66. The lowest BCUT2D eigenvalue weighted by Crippen LogP contribution is -2.40. The van der Waals surface area contributed by atoms with Crippen LogP contribution in [0, 0.1) is 0 Å². The Bertz CT molecular complexity index is 613. The molecule has 23 heavy (non-hydrogen) atoms. The monoisotopic (exact) mass is 333 g/mol. The van der Waals surface area contributed by atoms with Gasteiger partial charge in [0.05, 0.1) is 23.4 Å². The van der Waals surface area contributed by atoms with Gasteiger partial charge in [-0.05, 0) is 5.56 Å². The molecule has 1 heterocycles. The topological polar surface area (TPSA) is 74.2 Å². The highest BCUT2D eigenvalue weighted by Gasteiger charge is 2.13. The van der Waals surface area contributed by atoms with Gasteiger partial charge in [0.2, 0.25) is 0 Å². The highest BCUT2D eigenvalue weighted by Crippen LogP contribution is 2.19. The molecule has 2 amide bonds. The van der Waals surface area contributed by atoms with E-state index in [1.54, 1.807) is 11.3 Å². The minimum Gasteiger partial charge on any atom is -0.394 e. The molecule has 1 aromatic heterocycles. The van der Waals surface area contributed by atoms with Gasteiger partial charge in [-0.3, -0.25) is 0 Å². The summed E-state index contributed by atoms with van der Waals surface area (Å²) in [6.07, 6.45) is 0.700. The van der Waals surface area contributed by atoms with Crippen LogP contribution in [0.3, 0.4) is 0 Å². The maximum Gasteiger partial charge on any atom is 0.315 e. The highest BCUT2D eigenvalue weighted by atomic mass is 32.1. The predicted octanol–water partition coefficient (Wildman–Crippen LogP) is 2.84. The summed E-state index contributed by atoms with van der Waals surface area (Å²) in [6, 6.07) is 8.73. The number of aromatic nitrogens is 1. The van der Waals surface area contributed by atoms with Gasteiger partial charge in [0, 0.05) is 24.3 Å². The minimum atomic E-state index is -0.400. The second kappa shape index (κ2) is 8.64. The number of amides is 2. The van der Waals surface area contributed by atoms with Crippen molar-refractivity contribution in [1.29, 1.82) is 0 Å². The molecular formula is C17H23N3O2S. The van der Waals surface area contributed by atoms with Crippen molar-refractivity contribution in [3.05, 3.63) is 52.0 Å². The number of thiazole rings is 1. The molecule has 0 aliphatic carbocycles. The van der Waals surface area contributed by atoms with Crippen LogP contribution in [0.25, 0.3) is 0 Å². The number of benzene rings is 1. The molecule has 0 spiro atoms. The molecule has 2 aromatic rings. The maximum atomic E-state index is 11.9. The molecule has 5 nitrogen and oxygen atoms in total. The normalized spacial score (nSPS) is 12.2. The third kappa shape index (κ3) is 5.33. The van der Waals surface area contributed by atoms with Gasteiger partial charge in [0.15, 0.2) is 0 Å². The van der Waals surface area contributed by atoms with Crippen molar-refractivity contribution < 1.29 is 9.90 Å². The standard InChI is InChI=1S/C17H23N3O2S/c1-12(2)16-19-14(11-23-16)8-9-18-17(22)20-15(10-21)13-6-4-3-5-7-13/h3-7,11-12,15,21H,8-10H2,1-2H3,(H2,18,20,22). The fraction of sp³-hybridized carbons (Fsp3) is 0.412. The zero-order valence-electron chi connectivity index (χ0n) is 13.5. The quantitative estimate of drug-likeness (QED) is 0.729. The van der Waals surface area contributed by atoms with Crippen LogP contribution in [0.2, 0.25) is 0 Å². The lowest BCUT2D eigenvalue weighted by atomic mass is 10.1. The fourth-order valence-corrected chi connectivity index (χ4v) is 3.01. The van der Waals surface area contributed by atoms with Crippen molar-refractivity contribution in [2.75, 3.05) is 13.2 Å². The number of hydrogen-bond donors (Lipinski definition) is 3. The smallest absolute Gasteiger partial charge is 0.315 e. The average Bonchev–Trinajstić information content (AvgIpc) is 3.02. The van der Waals surface area contributed by atoms with E-state index in [0.29, 0.717) is 18.9 Å². The van der Waals surface area contributed by atoms with Crippen molar-refractivity contribution in [1.82, 2.24) is 15.6 Å². The molecule has 0 bridgehead atoms. The lowest BCUT2D eigenvalue weighted by molar-refractivity contribution is 0.217. The molecule has 1 unspecified atom stereocenters. The first-order valence-corrected chi connectivity index (χ1v) is 8.62. The summed E-state index contributed by atoms with van der Waals surface area (Å²) in [6.45, 7) is 4.61. The van der Waals surface area contributed by atoms with Crippen LogP contribution < -0.4 is 10.6 Å². The summed E-state index contributed by atoms with van der Waals surface area (Å²) in [5.41, 5.74) is 1.88. The van der Waals surface area contributed by atoms with Crippen molar-refractivity contribution in [2.24, 2.45) is 0 Å². The number of rotatable bonds is 7. The number of carbonyl (C=O) groups is 1. The molecule has 0 aliphatic heterocycles. The number of hydrogen-bond acceptors (Lipinski definition) is 4. The summed E-state index contributed by atoms with van der Waals surface area (Å²) in [4.78, 5) is 16.5. The van der Waals surface area contributed by atoms with Gasteiger partial charge >= 0.3 is 6.03 Å². The Morgan fingerprint density at radius 3 is 2.65 bits per heavy atom. The third-order valence-electron chi connectivity index (χ3n) is 3.42. The SMILES string of the molecule is CC(C)c1nc(CCNC(=O)NC(CO)c2ccccc2)cs1. The number of aliphatic hydroxyl groups is 1. The van der Waals surface area contributed by atoms with Gasteiger partial charge in [-0.15, -0.1) is 11.3 Å². The summed E-state index contributed by atoms with van der Waals surface area (Å²) in [5, 5.41) is 18.2. The molecule has 2 rings (SSSR count). The maximum absolute atomic E-state index is 11.9. The van der Waals surface area contributed by atoms with E-state index in [4.69, 9.17) is 0 Å². The van der Waals surface area contributed by atoms with E-state index in [-0.39, 0.29) is 12.6 Å². The van der Waals surface area contributed by atoms with Crippen molar-refractivity contribution in [3.8, 4) is 0 Å². The van der Waals surface area contributed by atoms with E-state index in [9.17, 15) is 9.90 Å². The Morgan fingerprint density at radius 2 is 2.04 bits per heavy atom. The van der Waals surface area contributed by atoms with Gasteiger partial charge < -0.3 is 15.7 Å². The van der Waals surface area contributed by atoms with Gasteiger partial charge in [-0.1, -0.05) is 44.2 Å². The van der Waals surface area contributed by atoms with E-state index in [2.05, 4.69) is 29.5 Å². The van der Waals surface area contributed by atoms with Gasteiger partial charge in [-0.2, -0.15) is 0 Å². The third-order valence-corrected chi connectivity index (χ3v) is 4.61. The van der Waals surface area contributed by atoms with Crippen molar-refractivity contribution >= 4 is 17.4 Å². The first kappa shape index (κ1) is 17.4. The largest absolute Gasteiger partial charge is 0.394 e. The second-order valence-corrected chi connectivity index (χ2v) is 6.52. The highest BCUT2D eigenvalue weighted by molar-refractivity contribution is 7.09. The molecule has 1 aromatic carbocycles. The van der Waals surface area contributed by atoms with Gasteiger partial charge in [0.1, 0.15) is 0 Å². The number of urea groups is 1. The Morgan fingerprint density at radius 1 is 1.30 bits per heavy atom. The van der Waals surface area contributed by atoms with Crippen molar-refractivity contribution in [3.63, 3.8) is 0 Å². The number of nitrogens with one attached hydrogen (secondary N) is 2. The van der Waals surface area contributed by atoms with Crippen LogP contribution >= 0.6 is 11.3 Å². The number of carbonyl (C=O) groups excluding carboxylic acids is 1.